The monoisotopic (exact) mass is 297 g/mol. The molecule has 0 aromatic heterocycles. The number of hydrogen-bond acceptors (Lipinski definition) is 2. The summed E-state index contributed by atoms with van der Waals surface area (Å²) in [7, 11) is 1.61. The minimum Gasteiger partial charge on any atom is -0.495 e. The molecule has 0 atom stereocenters. The molecular weight excluding hydrogens is 282 g/mol. The van der Waals surface area contributed by atoms with Crippen LogP contribution in [0, 0.1) is 0 Å². The Morgan fingerprint density at radius 1 is 0.952 bits per heavy atom. The van der Waals surface area contributed by atoms with Crippen LogP contribution in [0.25, 0.3) is 10.8 Å². The molecule has 0 aliphatic heterocycles. The third kappa shape index (κ3) is 3.11. The maximum Gasteiger partial charge on any atom is 0.137 e. The van der Waals surface area contributed by atoms with Crippen molar-refractivity contribution in [1.29, 1.82) is 0 Å². The zero-order valence-electron chi connectivity index (χ0n) is 11.8. The van der Waals surface area contributed by atoms with Crippen molar-refractivity contribution in [2.75, 3.05) is 12.4 Å². The topological polar surface area (TPSA) is 21.3 Å². The molecule has 0 heterocycles. The van der Waals surface area contributed by atoms with Crippen LogP contribution in [0.4, 0.5) is 5.69 Å². The fourth-order valence-electron chi connectivity index (χ4n) is 2.33. The number of fused-ring (bicyclic) bond motifs is 1. The van der Waals surface area contributed by atoms with Crippen molar-refractivity contribution < 1.29 is 4.74 Å². The highest BCUT2D eigenvalue weighted by Gasteiger charge is 2.02. The molecule has 0 aliphatic rings. The molecule has 0 amide bonds. The molecule has 106 valence electrons. The molecular formula is C18H16ClNO. The summed E-state index contributed by atoms with van der Waals surface area (Å²) in [5.41, 5.74) is 2.22. The molecule has 0 saturated carbocycles. The minimum absolute atomic E-state index is 0.612. The van der Waals surface area contributed by atoms with Gasteiger partial charge in [-0.3, -0.25) is 0 Å². The highest BCUT2D eigenvalue weighted by molar-refractivity contribution is 6.32. The van der Waals surface area contributed by atoms with Crippen molar-refractivity contribution in [3.8, 4) is 5.75 Å². The summed E-state index contributed by atoms with van der Waals surface area (Å²) in [6.07, 6.45) is 0. The normalized spacial score (nSPS) is 10.6. The number of hydrogen-bond donors (Lipinski definition) is 1. The van der Waals surface area contributed by atoms with Crippen LogP contribution in [-0.4, -0.2) is 7.11 Å². The first-order valence-corrected chi connectivity index (χ1v) is 7.19. The SMILES string of the molecule is COc1ccc(NCc2ccc3ccccc3c2)cc1Cl. The minimum atomic E-state index is 0.612. The largest absolute Gasteiger partial charge is 0.495 e. The lowest BCUT2D eigenvalue weighted by Crippen LogP contribution is -1.99. The number of anilines is 1. The third-order valence-corrected chi connectivity index (χ3v) is 3.76. The van der Waals surface area contributed by atoms with Gasteiger partial charge in [0, 0.05) is 12.2 Å². The summed E-state index contributed by atoms with van der Waals surface area (Å²) >= 11 is 6.12. The molecule has 1 N–H and O–H groups in total. The van der Waals surface area contributed by atoms with E-state index in [2.05, 4.69) is 47.8 Å². The summed E-state index contributed by atoms with van der Waals surface area (Å²) in [4.78, 5) is 0. The van der Waals surface area contributed by atoms with Gasteiger partial charge in [0.15, 0.2) is 0 Å². The maximum absolute atomic E-state index is 6.12. The van der Waals surface area contributed by atoms with Gasteiger partial charge in [-0.25, -0.2) is 0 Å². The Labute approximate surface area is 129 Å². The van der Waals surface area contributed by atoms with Gasteiger partial charge in [-0.2, -0.15) is 0 Å². The Hall–Kier alpha value is -2.19. The van der Waals surface area contributed by atoms with Crippen LogP contribution in [0.15, 0.2) is 60.7 Å². The van der Waals surface area contributed by atoms with E-state index in [0.717, 1.165) is 12.2 Å². The summed E-state index contributed by atoms with van der Waals surface area (Å²) in [6, 6.07) is 20.6. The predicted molar refractivity (Wildman–Crippen MR) is 89.3 cm³/mol. The lowest BCUT2D eigenvalue weighted by molar-refractivity contribution is 0.415. The number of nitrogens with one attached hydrogen (secondary N) is 1. The molecule has 0 bridgehead atoms. The van der Waals surface area contributed by atoms with E-state index >= 15 is 0 Å². The smallest absolute Gasteiger partial charge is 0.137 e. The molecule has 3 aromatic rings. The summed E-state index contributed by atoms with van der Waals surface area (Å²) in [5.74, 6) is 0.688. The average molecular weight is 298 g/mol. The van der Waals surface area contributed by atoms with Gasteiger partial charge in [-0.05, 0) is 40.6 Å². The lowest BCUT2D eigenvalue weighted by atomic mass is 10.1. The van der Waals surface area contributed by atoms with Crippen LogP contribution in [0.3, 0.4) is 0 Å². The van der Waals surface area contributed by atoms with Crippen molar-refractivity contribution in [3.63, 3.8) is 0 Å². The molecule has 3 aromatic carbocycles. The molecule has 0 fully saturated rings. The van der Waals surface area contributed by atoms with E-state index in [1.54, 1.807) is 7.11 Å². The van der Waals surface area contributed by atoms with Gasteiger partial charge in [0.1, 0.15) is 5.75 Å². The Morgan fingerprint density at radius 2 is 1.76 bits per heavy atom. The third-order valence-electron chi connectivity index (χ3n) is 3.46. The van der Waals surface area contributed by atoms with E-state index in [9.17, 15) is 0 Å². The van der Waals surface area contributed by atoms with Crippen molar-refractivity contribution in [1.82, 2.24) is 0 Å². The van der Waals surface area contributed by atoms with Crippen LogP contribution in [-0.2, 0) is 6.54 Å². The molecule has 0 radical (unpaired) electrons. The first-order chi connectivity index (χ1) is 10.3. The zero-order chi connectivity index (χ0) is 14.7. The number of benzene rings is 3. The lowest BCUT2D eigenvalue weighted by Gasteiger charge is -2.09. The van der Waals surface area contributed by atoms with E-state index in [4.69, 9.17) is 16.3 Å². The molecule has 0 unspecified atom stereocenters. The first-order valence-electron chi connectivity index (χ1n) is 6.81. The van der Waals surface area contributed by atoms with Crippen LogP contribution < -0.4 is 10.1 Å². The second kappa shape index (κ2) is 6.06. The Balaban J connectivity index is 1.75. The number of ether oxygens (including phenoxy) is 1. The number of halogens is 1. The van der Waals surface area contributed by atoms with E-state index in [0.29, 0.717) is 10.8 Å². The molecule has 21 heavy (non-hydrogen) atoms. The zero-order valence-corrected chi connectivity index (χ0v) is 12.5. The van der Waals surface area contributed by atoms with Crippen LogP contribution >= 0.6 is 11.6 Å². The highest BCUT2D eigenvalue weighted by atomic mass is 35.5. The Morgan fingerprint density at radius 3 is 2.52 bits per heavy atom. The summed E-state index contributed by atoms with van der Waals surface area (Å²) in [6.45, 7) is 0.757. The molecule has 3 rings (SSSR count). The molecule has 0 spiro atoms. The molecule has 0 aliphatic carbocycles. The second-order valence-corrected chi connectivity index (χ2v) is 5.29. The van der Waals surface area contributed by atoms with Gasteiger partial charge in [0.05, 0.1) is 12.1 Å². The maximum atomic E-state index is 6.12. The summed E-state index contributed by atoms with van der Waals surface area (Å²) < 4.78 is 5.15. The van der Waals surface area contributed by atoms with Gasteiger partial charge in [-0.1, -0.05) is 48.0 Å². The number of methoxy groups -OCH3 is 1. The van der Waals surface area contributed by atoms with E-state index in [1.807, 2.05) is 18.2 Å². The molecule has 2 nitrogen and oxygen atoms in total. The van der Waals surface area contributed by atoms with E-state index < -0.39 is 0 Å². The second-order valence-electron chi connectivity index (χ2n) is 4.88. The highest BCUT2D eigenvalue weighted by Crippen LogP contribution is 2.27. The van der Waals surface area contributed by atoms with Crippen LogP contribution in [0.5, 0.6) is 5.75 Å². The van der Waals surface area contributed by atoms with Gasteiger partial charge in [0.25, 0.3) is 0 Å². The quantitative estimate of drug-likeness (QED) is 0.722. The van der Waals surface area contributed by atoms with Gasteiger partial charge < -0.3 is 10.1 Å². The van der Waals surface area contributed by atoms with Crippen molar-refractivity contribution in [3.05, 3.63) is 71.2 Å². The fraction of sp³-hybridized carbons (Fsp3) is 0.111. The Kier molecular flexibility index (Phi) is 3.98. The molecule has 3 heteroatoms. The van der Waals surface area contributed by atoms with E-state index in [-0.39, 0.29) is 0 Å². The van der Waals surface area contributed by atoms with Crippen molar-refractivity contribution >= 4 is 28.1 Å². The van der Waals surface area contributed by atoms with E-state index in [1.165, 1.54) is 16.3 Å². The van der Waals surface area contributed by atoms with Gasteiger partial charge in [0.2, 0.25) is 0 Å². The van der Waals surface area contributed by atoms with Crippen molar-refractivity contribution in [2.24, 2.45) is 0 Å². The van der Waals surface area contributed by atoms with Crippen LogP contribution in [0.2, 0.25) is 5.02 Å². The molecule has 0 saturated heterocycles. The van der Waals surface area contributed by atoms with Crippen molar-refractivity contribution in [2.45, 2.75) is 6.54 Å². The fourth-order valence-corrected chi connectivity index (χ4v) is 2.59. The van der Waals surface area contributed by atoms with Gasteiger partial charge >= 0.3 is 0 Å². The predicted octanol–water partition coefficient (Wildman–Crippen LogP) is 5.11. The standard InChI is InChI=1S/C18H16ClNO/c1-21-18-9-8-16(11-17(18)19)20-12-13-6-7-14-4-2-3-5-15(14)10-13/h2-11,20H,12H2,1H3. The van der Waals surface area contributed by atoms with Crippen LogP contribution in [0.1, 0.15) is 5.56 Å². The Bertz CT molecular complexity index is 770. The number of rotatable bonds is 4. The average Bonchev–Trinajstić information content (AvgIpc) is 2.53. The first kappa shape index (κ1) is 13.8. The summed E-state index contributed by atoms with van der Waals surface area (Å²) in [5, 5.41) is 6.50. The van der Waals surface area contributed by atoms with Gasteiger partial charge in [-0.15, -0.1) is 0 Å².